The van der Waals surface area contributed by atoms with Crippen molar-refractivity contribution < 1.29 is 19.0 Å². The Bertz CT molecular complexity index is 1020. The van der Waals surface area contributed by atoms with Crippen LogP contribution in [0.15, 0.2) is 60.9 Å². The molecular formula is C24H22FNO3. The van der Waals surface area contributed by atoms with Gasteiger partial charge in [0.25, 0.3) is 0 Å². The summed E-state index contributed by atoms with van der Waals surface area (Å²) in [6.07, 6.45) is 7.94. The molecule has 29 heavy (non-hydrogen) atoms. The molecule has 148 valence electrons. The maximum Gasteiger partial charge on any atom is 0.336 e. The van der Waals surface area contributed by atoms with Gasteiger partial charge in [-0.05, 0) is 97.2 Å². The molecule has 0 radical (unpaired) electrons. The van der Waals surface area contributed by atoms with Crippen LogP contribution in [0, 0.1) is 5.82 Å². The van der Waals surface area contributed by atoms with Crippen LogP contribution in [0.2, 0.25) is 0 Å². The number of hydrogen-bond donors (Lipinski definition) is 1. The van der Waals surface area contributed by atoms with Gasteiger partial charge in [0.1, 0.15) is 17.3 Å². The highest BCUT2D eigenvalue weighted by Crippen LogP contribution is 2.37. The smallest absolute Gasteiger partial charge is 0.336 e. The molecule has 1 atom stereocenters. The van der Waals surface area contributed by atoms with Crippen LogP contribution in [0.4, 0.5) is 4.39 Å². The molecule has 0 amide bonds. The summed E-state index contributed by atoms with van der Waals surface area (Å²) in [5, 5.41) is 9.36. The lowest BCUT2D eigenvalue weighted by Crippen LogP contribution is -2.12. The summed E-state index contributed by atoms with van der Waals surface area (Å²) in [6.45, 7) is 0. The van der Waals surface area contributed by atoms with Crippen LogP contribution in [-0.2, 0) is 12.8 Å². The standard InChI is InChI=1S/C24H22FNO3/c25-19-6-8-20(9-7-19)29-21-10-11-22-16(2-1-3-17(22)14-21)4-5-18-15-26-13-12-23(18)24(27)28/h6-16H,1-5H2,(H,27,28). The number of aromatic nitrogens is 1. The van der Waals surface area contributed by atoms with Gasteiger partial charge in [-0.25, -0.2) is 9.18 Å². The monoisotopic (exact) mass is 391 g/mol. The third-order valence-electron chi connectivity index (χ3n) is 5.50. The lowest BCUT2D eigenvalue weighted by Gasteiger charge is -2.26. The van der Waals surface area contributed by atoms with Gasteiger partial charge < -0.3 is 9.84 Å². The zero-order valence-corrected chi connectivity index (χ0v) is 16.0. The van der Waals surface area contributed by atoms with E-state index in [-0.39, 0.29) is 5.82 Å². The zero-order chi connectivity index (χ0) is 20.2. The second kappa shape index (κ2) is 8.43. The number of carboxylic acid groups (broad SMARTS) is 1. The Morgan fingerprint density at radius 3 is 2.72 bits per heavy atom. The molecule has 1 aromatic heterocycles. The first kappa shape index (κ1) is 19.1. The topological polar surface area (TPSA) is 59.4 Å². The number of pyridine rings is 1. The fourth-order valence-electron chi connectivity index (χ4n) is 4.06. The van der Waals surface area contributed by atoms with Gasteiger partial charge in [-0.3, -0.25) is 4.98 Å². The Labute approximate surface area is 169 Å². The van der Waals surface area contributed by atoms with Gasteiger partial charge >= 0.3 is 5.97 Å². The van der Waals surface area contributed by atoms with Gasteiger partial charge in [-0.2, -0.15) is 0 Å². The molecule has 4 nitrogen and oxygen atoms in total. The molecule has 3 aromatic rings. The predicted molar refractivity (Wildman–Crippen MR) is 108 cm³/mol. The summed E-state index contributed by atoms with van der Waals surface area (Å²) in [5.74, 6) is 0.549. The van der Waals surface area contributed by atoms with Gasteiger partial charge in [-0.1, -0.05) is 6.07 Å². The number of benzene rings is 2. The minimum Gasteiger partial charge on any atom is -0.478 e. The van der Waals surface area contributed by atoms with Gasteiger partial charge in [0, 0.05) is 12.4 Å². The fraction of sp³-hybridized carbons (Fsp3) is 0.250. The van der Waals surface area contributed by atoms with E-state index < -0.39 is 5.97 Å². The van der Waals surface area contributed by atoms with Crippen molar-refractivity contribution in [2.75, 3.05) is 0 Å². The summed E-state index contributed by atoms with van der Waals surface area (Å²) in [4.78, 5) is 15.5. The molecule has 1 N–H and O–H groups in total. The molecule has 0 saturated heterocycles. The van der Waals surface area contributed by atoms with E-state index in [4.69, 9.17) is 4.74 Å². The predicted octanol–water partition coefficient (Wildman–Crippen LogP) is 5.76. The summed E-state index contributed by atoms with van der Waals surface area (Å²) in [5.41, 5.74) is 3.69. The van der Waals surface area contributed by atoms with Crippen molar-refractivity contribution in [1.82, 2.24) is 4.98 Å². The normalized spacial score (nSPS) is 15.6. The lowest BCUT2D eigenvalue weighted by atomic mass is 9.79. The number of nitrogens with zero attached hydrogens (tertiary/aromatic N) is 1. The van der Waals surface area contributed by atoms with Crippen LogP contribution in [0.25, 0.3) is 0 Å². The Balaban J connectivity index is 1.48. The molecule has 0 fully saturated rings. The van der Waals surface area contributed by atoms with Gasteiger partial charge in [0.2, 0.25) is 0 Å². The van der Waals surface area contributed by atoms with Gasteiger partial charge in [0.15, 0.2) is 0 Å². The molecule has 0 bridgehead atoms. The summed E-state index contributed by atoms with van der Waals surface area (Å²) < 4.78 is 18.9. The Morgan fingerprint density at radius 1 is 1.14 bits per heavy atom. The second-order valence-electron chi connectivity index (χ2n) is 7.38. The summed E-state index contributed by atoms with van der Waals surface area (Å²) in [6, 6.07) is 13.7. The summed E-state index contributed by atoms with van der Waals surface area (Å²) in [7, 11) is 0. The van der Waals surface area contributed by atoms with Crippen LogP contribution in [0.3, 0.4) is 0 Å². The molecular weight excluding hydrogens is 369 g/mol. The van der Waals surface area contributed by atoms with Crippen LogP contribution < -0.4 is 4.74 Å². The van der Waals surface area contributed by atoms with E-state index in [9.17, 15) is 14.3 Å². The molecule has 0 aliphatic heterocycles. The number of carbonyl (C=O) groups is 1. The number of carboxylic acids is 1. The van der Waals surface area contributed by atoms with E-state index in [2.05, 4.69) is 17.1 Å². The fourth-order valence-corrected chi connectivity index (χ4v) is 4.06. The second-order valence-corrected chi connectivity index (χ2v) is 7.38. The van der Waals surface area contributed by atoms with Crippen LogP contribution in [-0.4, -0.2) is 16.1 Å². The third kappa shape index (κ3) is 4.45. The number of aromatic carboxylic acids is 1. The number of hydrogen-bond acceptors (Lipinski definition) is 3. The van der Waals surface area contributed by atoms with Crippen LogP contribution >= 0.6 is 0 Å². The summed E-state index contributed by atoms with van der Waals surface area (Å²) >= 11 is 0. The van der Waals surface area contributed by atoms with E-state index in [0.717, 1.165) is 37.0 Å². The molecule has 2 aromatic carbocycles. The number of ether oxygens (including phenoxy) is 1. The Morgan fingerprint density at radius 2 is 1.93 bits per heavy atom. The van der Waals surface area contributed by atoms with E-state index in [1.807, 2.05) is 6.07 Å². The molecule has 0 spiro atoms. The van der Waals surface area contributed by atoms with Crippen LogP contribution in [0.1, 0.15) is 52.2 Å². The molecule has 5 heteroatoms. The number of aryl methyl sites for hydroxylation is 2. The first-order chi connectivity index (χ1) is 14.1. The molecule has 1 aliphatic rings. The highest BCUT2D eigenvalue weighted by atomic mass is 19.1. The molecule has 1 unspecified atom stereocenters. The maximum atomic E-state index is 13.1. The number of fused-ring (bicyclic) bond motifs is 1. The quantitative estimate of drug-likeness (QED) is 0.580. The first-order valence-corrected chi connectivity index (χ1v) is 9.82. The number of rotatable bonds is 6. The van der Waals surface area contributed by atoms with Crippen molar-refractivity contribution in [3.05, 3.63) is 89.0 Å². The van der Waals surface area contributed by atoms with Crippen molar-refractivity contribution in [3.63, 3.8) is 0 Å². The Hall–Kier alpha value is -3.21. The van der Waals surface area contributed by atoms with E-state index in [1.165, 1.54) is 29.5 Å². The van der Waals surface area contributed by atoms with Crippen molar-refractivity contribution in [2.24, 2.45) is 0 Å². The highest BCUT2D eigenvalue weighted by Gasteiger charge is 2.21. The third-order valence-corrected chi connectivity index (χ3v) is 5.50. The van der Waals surface area contributed by atoms with Gasteiger partial charge in [-0.15, -0.1) is 0 Å². The molecule has 0 saturated carbocycles. The average Bonchev–Trinajstić information content (AvgIpc) is 2.74. The SMILES string of the molecule is O=C(O)c1ccncc1CCC1CCCc2cc(Oc3ccc(F)cc3)ccc21. The zero-order valence-electron chi connectivity index (χ0n) is 16.0. The minimum absolute atomic E-state index is 0.287. The van der Waals surface area contributed by atoms with Crippen LogP contribution in [0.5, 0.6) is 11.5 Å². The van der Waals surface area contributed by atoms with Crippen molar-refractivity contribution in [2.45, 2.75) is 38.0 Å². The highest BCUT2D eigenvalue weighted by molar-refractivity contribution is 5.89. The minimum atomic E-state index is -0.908. The largest absolute Gasteiger partial charge is 0.478 e. The van der Waals surface area contributed by atoms with Crippen molar-refractivity contribution in [1.29, 1.82) is 0 Å². The van der Waals surface area contributed by atoms with E-state index in [1.54, 1.807) is 24.4 Å². The molecule has 4 rings (SSSR count). The Kier molecular flexibility index (Phi) is 5.56. The van der Waals surface area contributed by atoms with Crippen molar-refractivity contribution >= 4 is 5.97 Å². The first-order valence-electron chi connectivity index (χ1n) is 9.82. The van der Waals surface area contributed by atoms with E-state index >= 15 is 0 Å². The van der Waals surface area contributed by atoms with E-state index in [0.29, 0.717) is 23.7 Å². The lowest BCUT2D eigenvalue weighted by molar-refractivity contribution is 0.0695. The van der Waals surface area contributed by atoms with Crippen molar-refractivity contribution in [3.8, 4) is 11.5 Å². The molecule has 1 heterocycles. The van der Waals surface area contributed by atoms with Gasteiger partial charge in [0.05, 0.1) is 5.56 Å². The number of halogens is 1. The average molecular weight is 391 g/mol. The maximum absolute atomic E-state index is 13.1. The molecule has 1 aliphatic carbocycles.